The summed E-state index contributed by atoms with van der Waals surface area (Å²) in [6.07, 6.45) is 0. The average Bonchev–Trinajstić information content (AvgIpc) is 3.01. The molecule has 25 heavy (non-hydrogen) atoms. The third kappa shape index (κ3) is 4.29. The van der Waals surface area contributed by atoms with Gasteiger partial charge in [0.15, 0.2) is 6.61 Å². The van der Waals surface area contributed by atoms with Crippen molar-refractivity contribution in [1.82, 2.24) is 10.9 Å². The zero-order valence-electron chi connectivity index (χ0n) is 13.5. The number of furan rings is 1. The Morgan fingerprint density at radius 2 is 1.80 bits per heavy atom. The molecule has 7 nitrogen and oxygen atoms in total. The second kappa shape index (κ2) is 7.39. The summed E-state index contributed by atoms with van der Waals surface area (Å²) in [5.41, 5.74) is 6.08. The molecule has 0 bridgehead atoms. The van der Waals surface area contributed by atoms with E-state index in [1.807, 2.05) is 43.3 Å². The van der Waals surface area contributed by atoms with Crippen molar-refractivity contribution in [3.63, 3.8) is 0 Å². The molecule has 0 aliphatic carbocycles. The van der Waals surface area contributed by atoms with E-state index >= 15 is 0 Å². The maximum Gasteiger partial charge on any atom is 0.340 e. The first-order valence-corrected chi connectivity index (χ1v) is 7.64. The zero-order chi connectivity index (χ0) is 17.6. The van der Waals surface area contributed by atoms with E-state index in [1.165, 1.54) is 0 Å². The summed E-state index contributed by atoms with van der Waals surface area (Å²) in [6.45, 7) is 1.67. The predicted octanol–water partition coefficient (Wildman–Crippen LogP) is 2.97. The number of urea groups is 1. The molecule has 1 heterocycles. The van der Waals surface area contributed by atoms with Gasteiger partial charge in [0.2, 0.25) is 5.88 Å². The predicted molar refractivity (Wildman–Crippen MR) is 93.2 cm³/mol. The van der Waals surface area contributed by atoms with Crippen LogP contribution in [-0.2, 0) is 4.79 Å². The van der Waals surface area contributed by atoms with Gasteiger partial charge in [-0.1, -0.05) is 36.4 Å². The topological polar surface area (TPSA) is 92.6 Å². The second-order valence-electron chi connectivity index (χ2n) is 5.33. The molecule has 0 unspecified atom stereocenters. The molecule has 7 heteroatoms. The Morgan fingerprint density at radius 3 is 2.60 bits per heavy atom. The number of aryl methyl sites for hydroxylation is 1. The molecule has 3 N–H and O–H groups in total. The molecule has 3 rings (SSSR count). The highest BCUT2D eigenvalue weighted by Crippen LogP contribution is 2.22. The summed E-state index contributed by atoms with van der Waals surface area (Å²) in [5, 5.41) is 3.37. The number of amides is 3. The van der Waals surface area contributed by atoms with E-state index in [-0.39, 0.29) is 12.5 Å². The van der Waals surface area contributed by atoms with Crippen molar-refractivity contribution >= 4 is 28.8 Å². The number of carbonyl (C=O) groups excluding carboxylic acids is 2. The normalized spacial score (nSPS) is 10.3. The molecule has 0 aliphatic heterocycles. The van der Waals surface area contributed by atoms with Crippen LogP contribution in [0.4, 0.5) is 10.7 Å². The Hall–Kier alpha value is -3.48. The first kappa shape index (κ1) is 16.4. The Balaban J connectivity index is 1.45. The van der Waals surface area contributed by atoms with E-state index in [0.717, 1.165) is 10.9 Å². The van der Waals surface area contributed by atoms with Gasteiger partial charge in [-0.25, -0.2) is 10.2 Å². The minimum Gasteiger partial charge on any atom is -0.483 e. The SMILES string of the molecule is Cc1ccccc1OCC(=O)NNC(=O)Nc1cc2ccccc2o1. The molecule has 0 fully saturated rings. The standard InChI is InChI=1S/C18H17N3O4/c1-12-6-2-4-8-14(12)24-11-16(22)20-21-18(23)19-17-10-13-7-3-5-9-15(13)25-17/h2-10H,11H2,1H3,(H,20,22)(H2,19,21,23). The van der Waals surface area contributed by atoms with E-state index < -0.39 is 11.9 Å². The fraction of sp³-hybridized carbons (Fsp3) is 0.111. The maximum absolute atomic E-state index is 11.8. The Bertz CT molecular complexity index is 871. The van der Waals surface area contributed by atoms with Crippen LogP contribution in [-0.4, -0.2) is 18.5 Å². The fourth-order valence-corrected chi connectivity index (χ4v) is 2.21. The Kier molecular flexibility index (Phi) is 4.84. The Morgan fingerprint density at radius 1 is 1.04 bits per heavy atom. The molecule has 0 saturated heterocycles. The monoisotopic (exact) mass is 339 g/mol. The average molecular weight is 339 g/mol. The zero-order valence-corrected chi connectivity index (χ0v) is 13.5. The van der Waals surface area contributed by atoms with Gasteiger partial charge in [-0.05, 0) is 24.6 Å². The molecular weight excluding hydrogens is 322 g/mol. The summed E-state index contributed by atoms with van der Waals surface area (Å²) in [4.78, 5) is 23.5. The lowest BCUT2D eigenvalue weighted by atomic mass is 10.2. The summed E-state index contributed by atoms with van der Waals surface area (Å²) in [7, 11) is 0. The van der Waals surface area contributed by atoms with Crippen molar-refractivity contribution in [2.24, 2.45) is 0 Å². The van der Waals surface area contributed by atoms with E-state index in [1.54, 1.807) is 18.2 Å². The number of hydrogen-bond donors (Lipinski definition) is 3. The van der Waals surface area contributed by atoms with Crippen LogP contribution in [0.25, 0.3) is 11.0 Å². The summed E-state index contributed by atoms with van der Waals surface area (Å²) >= 11 is 0. The van der Waals surface area contributed by atoms with Gasteiger partial charge in [-0.3, -0.25) is 15.5 Å². The smallest absolute Gasteiger partial charge is 0.340 e. The maximum atomic E-state index is 11.8. The van der Waals surface area contributed by atoms with Gasteiger partial charge in [0.05, 0.1) is 0 Å². The lowest BCUT2D eigenvalue weighted by Crippen LogP contribution is -2.45. The lowest BCUT2D eigenvalue weighted by molar-refractivity contribution is -0.123. The quantitative estimate of drug-likeness (QED) is 0.637. The van der Waals surface area contributed by atoms with E-state index in [9.17, 15) is 9.59 Å². The van der Waals surface area contributed by atoms with Crippen LogP contribution < -0.4 is 20.9 Å². The van der Waals surface area contributed by atoms with Crippen molar-refractivity contribution in [3.05, 3.63) is 60.2 Å². The molecule has 3 aromatic rings. The number of fused-ring (bicyclic) bond motifs is 1. The van der Waals surface area contributed by atoms with Crippen LogP contribution >= 0.6 is 0 Å². The van der Waals surface area contributed by atoms with Crippen LogP contribution in [0.3, 0.4) is 0 Å². The first-order chi connectivity index (χ1) is 12.1. The highest BCUT2D eigenvalue weighted by Gasteiger charge is 2.09. The van der Waals surface area contributed by atoms with E-state index in [4.69, 9.17) is 9.15 Å². The number of nitrogens with one attached hydrogen (secondary N) is 3. The molecular formula is C18H17N3O4. The summed E-state index contributed by atoms with van der Waals surface area (Å²) in [6, 6.07) is 15.8. The number of rotatable bonds is 4. The molecule has 0 radical (unpaired) electrons. The molecule has 0 saturated carbocycles. The van der Waals surface area contributed by atoms with Gasteiger partial charge >= 0.3 is 6.03 Å². The van der Waals surface area contributed by atoms with Crippen LogP contribution in [0.2, 0.25) is 0 Å². The first-order valence-electron chi connectivity index (χ1n) is 7.64. The van der Waals surface area contributed by atoms with Crippen LogP contribution in [0.5, 0.6) is 5.75 Å². The minimum atomic E-state index is -0.622. The Labute approximate surface area is 143 Å². The molecule has 0 aliphatic rings. The minimum absolute atomic E-state index is 0.213. The summed E-state index contributed by atoms with van der Waals surface area (Å²) in [5.74, 6) is 0.413. The van der Waals surface area contributed by atoms with Gasteiger partial charge in [0.25, 0.3) is 5.91 Å². The lowest BCUT2D eigenvalue weighted by Gasteiger charge is -2.10. The molecule has 2 aromatic carbocycles. The van der Waals surface area contributed by atoms with Gasteiger partial charge in [-0.15, -0.1) is 0 Å². The van der Waals surface area contributed by atoms with Crippen LogP contribution in [0.1, 0.15) is 5.56 Å². The number of anilines is 1. The summed E-state index contributed by atoms with van der Waals surface area (Å²) < 4.78 is 10.8. The number of benzene rings is 2. The third-order valence-corrected chi connectivity index (χ3v) is 3.43. The molecule has 1 aromatic heterocycles. The largest absolute Gasteiger partial charge is 0.483 e. The number of carbonyl (C=O) groups is 2. The van der Waals surface area contributed by atoms with Crippen molar-refractivity contribution < 1.29 is 18.7 Å². The number of para-hydroxylation sites is 2. The van der Waals surface area contributed by atoms with Crippen molar-refractivity contribution in [1.29, 1.82) is 0 Å². The molecule has 3 amide bonds. The van der Waals surface area contributed by atoms with Gasteiger partial charge in [0.1, 0.15) is 11.3 Å². The van der Waals surface area contributed by atoms with Crippen molar-refractivity contribution in [3.8, 4) is 5.75 Å². The van der Waals surface area contributed by atoms with Crippen LogP contribution in [0, 0.1) is 6.92 Å². The van der Waals surface area contributed by atoms with E-state index in [0.29, 0.717) is 11.3 Å². The third-order valence-electron chi connectivity index (χ3n) is 3.43. The van der Waals surface area contributed by atoms with Crippen molar-refractivity contribution in [2.45, 2.75) is 6.92 Å². The second-order valence-corrected chi connectivity index (χ2v) is 5.33. The van der Waals surface area contributed by atoms with Crippen LogP contribution in [0.15, 0.2) is 59.0 Å². The highest BCUT2D eigenvalue weighted by atomic mass is 16.5. The number of hydrogen-bond acceptors (Lipinski definition) is 4. The number of ether oxygens (including phenoxy) is 1. The van der Waals surface area contributed by atoms with Gasteiger partial charge in [0, 0.05) is 11.5 Å². The fourth-order valence-electron chi connectivity index (χ4n) is 2.21. The molecule has 0 atom stereocenters. The highest BCUT2D eigenvalue weighted by molar-refractivity contribution is 5.92. The molecule has 128 valence electrons. The van der Waals surface area contributed by atoms with Gasteiger partial charge in [-0.2, -0.15) is 0 Å². The number of hydrazine groups is 1. The molecule has 0 spiro atoms. The van der Waals surface area contributed by atoms with Gasteiger partial charge < -0.3 is 9.15 Å². The van der Waals surface area contributed by atoms with E-state index in [2.05, 4.69) is 16.2 Å². The van der Waals surface area contributed by atoms with Crippen molar-refractivity contribution in [2.75, 3.05) is 11.9 Å².